The van der Waals surface area contributed by atoms with Crippen LogP contribution in [0.4, 0.5) is 0 Å². The van der Waals surface area contributed by atoms with Crippen molar-refractivity contribution in [1.82, 2.24) is 10.6 Å². The monoisotopic (exact) mass is 368 g/mol. The Balaban J connectivity index is 1.72. The highest BCUT2D eigenvalue weighted by atomic mass is 79.9. The number of nitrogens with one attached hydrogen (secondary N) is 2. The highest BCUT2D eigenvalue weighted by Crippen LogP contribution is 2.23. The van der Waals surface area contributed by atoms with E-state index in [9.17, 15) is 14.7 Å². The summed E-state index contributed by atoms with van der Waals surface area (Å²) in [6.45, 7) is 0.404. The van der Waals surface area contributed by atoms with E-state index < -0.39 is 0 Å². The van der Waals surface area contributed by atoms with Gasteiger partial charge in [0.25, 0.3) is 5.91 Å². The number of hydrogen-bond acceptors (Lipinski definition) is 3. The van der Waals surface area contributed by atoms with Crippen LogP contribution in [-0.4, -0.2) is 36.1 Å². The van der Waals surface area contributed by atoms with Crippen LogP contribution in [0.1, 0.15) is 36.0 Å². The van der Waals surface area contributed by atoms with Crippen molar-refractivity contribution in [3.05, 3.63) is 34.3 Å². The molecule has 1 aromatic carbocycles. The Labute approximate surface area is 138 Å². The van der Waals surface area contributed by atoms with E-state index in [1.807, 2.05) is 6.07 Å². The van der Waals surface area contributed by atoms with E-state index in [1.54, 1.807) is 18.2 Å². The van der Waals surface area contributed by atoms with Gasteiger partial charge in [0.05, 0.1) is 12.6 Å². The third-order valence-electron chi connectivity index (χ3n) is 3.93. The van der Waals surface area contributed by atoms with Crippen molar-refractivity contribution < 1.29 is 14.7 Å². The highest BCUT2D eigenvalue weighted by Gasteiger charge is 2.23. The van der Waals surface area contributed by atoms with Crippen LogP contribution in [0.25, 0.3) is 0 Å². The Morgan fingerprint density at radius 3 is 2.73 bits per heavy atom. The number of amides is 2. The molecule has 2 rings (SSSR count). The van der Waals surface area contributed by atoms with Gasteiger partial charge in [0.1, 0.15) is 0 Å². The quantitative estimate of drug-likeness (QED) is 0.741. The highest BCUT2D eigenvalue weighted by molar-refractivity contribution is 9.10. The molecule has 1 aliphatic rings. The molecule has 0 bridgehead atoms. The second kappa shape index (κ2) is 8.29. The fourth-order valence-corrected chi connectivity index (χ4v) is 3.03. The van der Waals surface area contributed by atoms with Gasteiger partial charge in [-0.3, -0.25) is 9.59 Å². The first kappa shape index (κ1) is 17.0. The van der Waals surface area contributed by atoms with Crippen molar-refractivity contribution in [2.45, 2.75) is 31.8 Å². The van der Waals surface area contributed by atoms with Crippen LogP contribution in [0, 0.1) is 5.92 Å². The van der Waals surface area contributed by atoms with Crippen LogP contribution in [-0.2, 0) is 4.79 Å². The molecule has 2 atom stereocenters. The average Bonchev–Trinajstić information content (AvgIpc) is 2.52. The molecule has 1 aliphatic carbocycles. The molecule has 0 radical (unpaired) electrons. The second-order valence-electron chi connectivity index (χ2n) is 5.61. The van der Waals surface area contributed by atoms with Gasteiger partial charge in [0.15, 0.2) is 0 Å². The summed E-state index contributed by atoms with van der Waals surface area (Å²) in [6, 6.07) is 6.99. The zero-order valence-corrected chi connectivity index (χ0v) is 13.9. The van der Waals surface area contributed by atoms with Gasteiger partial charge in [-0.1, -0.05) is 34.8 Å². The van der Waals surface area contributed by atoms with Gasteiger partial charge in [0, 0.05) is 22.5 Å². The fraction of sp³-hybridized carbons (Fsp3) is 0.500. The first-order chi connectivity index (χ1) is 10.6. The smallest absolute Gasteiger partial charge is 0.251 e. The zero-order valence-electron chi connectivity index (χ0n) is 12.3. The largest absolute Gasteiger partial charge is 0.393 e. The number of benzene rings is 1. The summed E-state index contributed by atoms with van der Waals surface area (Å²) in [4.78, 5) is 23.7. The van der Waals surface area contributed by atoms with Crippen LogP contribution in [0.3, 0.4) is 0 Å². The Morgan fingerprint density at radius 2 is 2.00 bits per heavy atom. The van der Waals surface area contributed by atoms with Crippen molar-refractivity contribution in [2.75, 3.05) is 13.1 Å². The van der Waals surface area contributed by atoms with E-state index >= 15 is 0 Å². The van der Waals surface area contributed by atoms with Crippen molar-refractivity contribution in [1.29, 1.82) is 0 Å². The zero-order chi connectivity index (χ0) is 15.9. The summed E-state index contributed by atoms with van der Waals surface area (Å²) in [7, 11) is 0. The minimum Gasteiger partial charge on any atom is -0.393 e. The van der Waals surface area contributed by atoms with Crippen LogP contribution in [0.5, 0.6) is 0 Å². The maximum absolute atomic E-state index is 11.9. The molecule has 0 saturated heterocycles. The van der Waals surface area contributed by atoms with E-state index in [0.29, 0.717) is 12.1 Å². The normalized spacial score (nSPS) is 21.2. The van der Waals surface area contributed by atoms with Gasteiger partial charge in [-0.2, -0.15) is 0 Å². The maximum Gasteiger partial charge on any atom is 0.251 e. The number of aliphatic hydroxyl groups excluding tert-OH is 1. The van der Waals surface area contributed by atoms with Gasteiger partial charge in [0.2, 0.25) is 5.91 Å². The molecule has 5 nitrogen and oxygen atoms in total. The molecular weight excluding hydrogens is 348 g/mol. The molecular formula is C16H21BrN2O3. The lowest BCUT2D eigenvalue weighted by atomic mass is 9.86. The topological polar surface area (TPSA) is 78.4 Å². The van der Waals surface area contributed by atoms with Gasteiger partial charge < -0.3 is 15.7 Å². The lowest BCUT2D eigenvalue weighted by Gasteiger charge is -2.27. The summed E-state index contributed by atoms with van der Waals surface area (Å²) in [5.41, 5.74) is 0.505. The predicted molar refractivity (Wildman–Crippen MR) is 87.4 cm³/mol. The SMILES string of the molecule is O=C(CNC(=O)c1cccc(Br)c1)NC[C@@H]1CCCC[C@@H]1O. The third-order valence-corrected chi connectivity index (χ3v) is 4.42. The van der Waals surface area contributed by atoms with Crippen molar-refractivity contribution in [2.24, 2.45) is 5.92 Å². The van der Waals surface area contributed by atoms with E-state index in [-0.39, 0.29) is 30.4 Å². The standard InChI is InChI=1S/C16H21BrN2O3/c17-13-6-3-5-11(8-13)16(22)19-10-15(21)18-9-12-4-1-2-7-14(12)20/h3,5-6,8,12,14,20H,1-2,4,7,9-10H2,(H,18,21)(H,19,22)/t12-,14-/m0/s1. The summed E-state index contributed by atoms with van der Waals surface area (Å²) in [5, 5.41) is 15.2. The molecule has 0 spiro atoms. The first-order valence-electron chi connectivity index (χ1n) is 7.55. The summed E-state index contributed by atoms with van der Waals surface area (Å²) in [6.07, 6.45) is 3.56. The molecule has 0 heterocycles. The Kier molecular flexibility index (Phi) is 6.39. The van der Waals surface area contributed by atoms with E-state index in [2.05, 4.69) is 26.6 Å². The van der Waals surface area contributed by atoms with Crippen molar-refractivity contribution in [3.8, 4) is 0 Å². The summed E-state index contributed by atoms with van der Waals surface area (Å²) in [5.74, 6) is -0.395. The molecule has 0 aromatic heterocycles. The number of halogens is 1. The van der Waals surface area contributed by atoms with Gasteiger partial charge in [-0.25, -0.2) is 0 Å². The molecule has 3 N–H and O–H groups in total. The number of rotatable bonds is 5. The van der Waals surface area contributed by atoms with E-state index in [4.69, 9.17) is 0 Å². The molecule has 0 unspecified atom stereocenters. The molecule has 0 aliphatic heterocycles. The maximum atomic E-state index is 11.9. The molecule has 1 saturated carbocycles. The summed E-state index contributed by atoms with van der Waals surface area (Å²) >= 11 is 3.30. The van der Waals surface area contributed by atoms with Crippen LogP contribution < -0.4 is 10.6 Å². The number of carbonyl (C=O) groups is 2. The molecule has 120 valence electrons. The van der Waals surface area contributed by atoms with Crippen LogP contribution in [0.15, 0.2) is 28.7 Å². The minimum atomic E-state index is -0.328. The van der Waals surface area contributed by atoms with Crippen LogP contribution >= 0.6 is 15.9 Å². The molecule has 2 amide bonds. The third kappa shape index (κ3) is 5.10. The Bertz CT molecular complexity index is 536. The first-order valence-corrected chi connectivity index (χ1v) is 8.34. The predicted octanol–water partition coefficient (Wildman–Crippen LogP) is 1.85. The average molecular weight is 369 g/mol. The number of hydrogen-bond donors (Lipinski definition) is 3. The van der Waals surface area contributed by atoms with Gasteiger partial charge in [-0.05, 0) is 31.0 Å². The molecule has 1 aromatic rings. The minimum absolute atomic E-state index is 0.0613. The van der Waals surface area contributed by atoms with Gasteiger partial charge >= 0.3 is 0 Å². The van der Waals surface area contributed by atoms with E-state index in [1.165, 1.54) is 0 Å². The number of aliphatic hydroxyl groups is 1. The molecule has 22 heavy (non-hydrogen) atoms. The van der Waals surface area contributed by atoms with Crippen LogP contribution in [0.2, 0.25) is 0 Å². The fourth-order valence-electron chi connectivity index (χ4n) is 2.63. The number of carbonyl (C=O) groups excluding carboxylic acids is 2. The lowest BCUT2D eigenvalue weighted by Crippen LogP contribution is -2.41. The Morgan fingerprint density at radius 1 is 1.23 bits per heavy atom. The molecule has 1 fully saturated rings. The van der Waals surface area contributed by atoms with E-state index in [0.717, 1.165) is 30.2 Å². The summed E-state index contributed by atoms with van der Waals surface area (Å²) < 4.78 is 0.816. The lowest BCUT2D eigenvalue weighted by molar-refractivity contribution is -0.120. The van der Waals surface area contributed by atoms with Gasteiger partial charge in [-0.15, -0.1) is 0 Å². The van der Waals surface area contributed by atoms with Crippen molar-refractivity contribution >= 4 is 27.7 Å². The second-order valence-corrected chi connectivity index (χ2v) is 6.52. The van der Waals surface area contributed by atoms with Crippen molar-refractivity contribution in [3.63, 3.8) is 0 Å². The Hall–Kier alpha value is -1.40. The molecule has 6 heteroatoms.